The maximum absolute atomic E-state index is 9.22. The molecule has 0 saturated carbocycles. The molecule has 0 aromatic carbocycles. The molecule has 3 atom stereocenters. The Morgan fingerprint density at radius 1 is 0.515 bits per heavy atom. The molecule has 3 nitrogen and oxygen atoms in total. The average molecular weight is 475 g/mol. The summed E-state index contributed by atoms with van der Waals surface area (Å²) in [6, 6.07) is 0. The van der Waals surface area contributed by atoms with Gasteiger partial charge in [0.1, 0.15) is 0 Å². The van der Waals surface area contributed by atoms with Gasteiger partial charge >= 0.3 is 0 Å². The first kappa shape index (κ1) is 37.4. The van der Waals surface area contributed by atoms with Crippen LogP contribution in [0.5, 0.6) is 0 Å². The molecule has 204 valence electrons. The van der Waals surface area contributed by atoms with Crippen molar-refractivity contribution >= 4 is 0 Å². The second-order valence-corrected chi connectivity index (χ2v) is 10.6. The molecule has 0 heterocycles. The molecule has 3 unspecified atom stereocenters. The first-order chi connectivity index (χ1) is 15.8. The monoisotopic (exact) mass is 475 g/mol. The van der Waals surface area contributed by atoms with Gasteiger partial charge in [-0.3, -0.25) is 0 Å². The topological polar surface area (TPSA) is 60.7 Å². The van der Waals surface area contributed by atoms with Crippen molar-refractivity contribution < 1.29 is 15.3 Å². The van der Waals surface area contributed by atoms with Gasteiger partial charge in [-0.15, -0.1) is 0 Å². The summed E-state index contributed by atoms with van der Waals surface area (Å²) in [6.07, 6.45) is 18.9. The Morgan fingerprint density at radius 3 is 1.18 bits per heavy atom. The van der Waals surface area contributed by atoms with E-state index in [2.05, 4.69) is 55.4 Å². The lowest BCUT2D eigenvalue weighted by Crippen LogP contribution is -2.33. The summed E-state index contributed by atoms with van der Waals surface area (Å²) < 4.78 is 0. The van der Waals surface area contributed by atoms with Gasteiger partial charge in [0.15, 0.2) is 0 Å². The van der Waals surface area contributed by atoms with E-state index in [1.807, 2.05) is 0 Å². The molecule has 3 N–H and O–H groups in total. The molecule has 0 aliphatic carbocycles. The van der Waals surface area contributed by atoms with E-state index in [9.17, 15) is 15.3 Å². The van der Waals surface area contributed by atoms with Crippen molar-refractivity contribution in [2.24, 2.45) is 23.2 Å². The Labute approximate surface area is 210 Å². The van der Waals surface area contributed by atoms with Gasteiger partial charge in [-0.1, -0.05) is 145 Å². The van der Waals surface area contributed by atoms with Crippen LogP contribution in [0.4, 0.5) is 0 Å². The predicted molar refractivity (Wildman–Crippen MR) is 149 cm³/mol. The van der Waals surface area contributed by atoms with E-state index in [0.717, 1.165) is 30.6 Å². The van der Waals surface area contributed by atoms with Crippen LogP contribution in [0.1, 0.15) is 152 Å². The van der Waals surface area contributed by atoms with E-state index < -0.39 is 5.41 Å². The fraction of sp³-hybridized carbons (Fsp3) is 1.00. The molecule has 33 heavy (non-hydrogen) atoms. The second-order valence-electron chi connectivity index (χ2n) is 10.6. The number of rotatable bonds is 19. The van der Waals surface area contributed by atoms with Gasteiger partial charge in [0.2, 0.25) is 0 Å². The molecule has 0 saturated heterocycles. The first-order valence-electron chi connectivity index (χ1n) is 14.6. The minimum Gasteiger partial charge on any atom is -0.396 e. The second kappa shape index (κ2) is 28.1. The normalized spacial score (nSPS) is 13.9. The Balaban J connectivity index is -0.000000468. The lowest BCUT2D eigenvalue weighted by molar-refractivity contribution is -0.00302. The molecule has 0 amide bonds. The first-order valence-corrected chi connectivity index (χ1v) is 14.6. The van der Waals surface area contributed by atoms with Gasteiger partial charge in [-0.05, 0) is 24.2 Å². The highest BCUT2D eigenvalue weighted by Gasteiger charge is 2.27. The van der Waals surface area contributed by atoms with Gasteiger partial charge in [0.25, 0.3) is 0 Å². The van der Waals surface area contributed by atoms with Crippen molar-refractivity contribution in [2.45, 2.75) is 152 Å². The van der Waals surface area contributed by atoms with E-state index in [-0.39, 0.29) is 19.8 Å². The smallest absolute Gasteiger partial charge is 0.0531 e. The number of aliphatic hydroxyl groups excluding tert-OH is 3. The Hall–Kier alpha value is -0.120. The van der Waals surface area contributed by atoms with E-state index in [1.54, 1.807) is 0 Å². The van der Waals surface area contributed by atoms with Crippen LogP contribution in [0.2, 0.25) is 0 Å². The third-order valence-corrected chi connectivity index (χ3v) is 7.36. The van der Waals surface area contributed by atoms with Crippen LogP contribution in [0.25, 0.3) is 0 Å². The minimum absolute atomic E-state index is 0.133. The molecule has 0 radical (unpaired) electrons. The van der Waals surface area contributed by atoms with Crippen LogP contribution in [-0.2, 0) is 0 Å². The van der Waals surface area contributed by atoms with Crippen molar-refractivity contribution in [3.63, 3.8) is 0 Å². The maximum atomic E-state index is 9.22. The van der Waals surface area contributed by atoms with Gasteiger partial charge in [-0.25, -0.2) is 0 Å². The van der Waals surface area contributed by atoms with Gasteiger partial charge < -0.3 is 15.3 Å². The minimum atomic E-state index is -0.678. The van der Waals surface area contributed by atoms with Crippen molar-refractivity contribution in [1.82, 2.24) is 0 Å². The van der Waals surface area contributed by atoms with Crippen molar-refractivity contribution in [3.05, 3.63) is 0 Å². The standard InChI is InChI=1S/C14H30O3.2C8H18/c1-3-5-7-13(4-2)8-6-9-14(10-15,11-16)12-17;2*1-4-6-7-8(3)5-2/h13,15-17H,3-12H2,1-2H3;2*8H,4-7H2,1-3H3. The van der Waals surface area contributed by atoms with Gasteiger partial charge in [0.05, 0.1) is 19.8 Å². The van der Waals surface area contributed by atoms with Crippen LogP contribution in [-0.4, -0.2) is 35.1 Å². The summed E-state index contributed by atoms with van der Waals surface area (Å²) in [7, 11) is 0. The van der Waals surface area contributed by atoms with Gasteiger partial charge in [-0.2, -0.15) is 0 Å². The van der Waals surface area contributed by atoms with Crippen LogP contribution in [0, 0.1) is 23.2 Å². The van der Waals surface area contributed by atoms with Crippen LogP contribution in [0.15, 0.2) is 0 Å². The molecule has 0 spiro atoms. The Bertz CT molecular complexity index is 319. The zero-order valence-corrected chi connectivity index (χ0v) is 24.3. The van der Waals surface area contributed by atoms with E-state index in [4.69, 9.17) is 0 Å². The van der Waals surface area contributed by atoms with E-state index >= 15 is 0 Å². The molecule has 0 rings (SSSR count). The molecule has 0 aliphatic heterocycles. The highest BCUT2D eigenvalue weighted by molar-refractivity contribution is 4.77. The van der Waals surface area contributed by atoms with Crippen molar-refractivity contribution in [1.29, 1.82) is 0 Å². The number of aliphatic hydroxyl groups is 3. The summed E-state index contributed by atoms with van der Waals surface area (Å²) in [5, 5.41) is 27.7. The molecule has 0 aromatic rings. The summed E-state index contributed by atoms with van der Waals surface area (Å²) in [6.45, 7) is 17.7. The average Bonchev–Trinajstić information content (AvgIpc) is 2.86. The molecule has 0 aromatic heterocycles. The highest BCUT2D eigenvalue weighted by Crippen LogP contribution is 2.26. The zero-order chi connectivity index (χ0) is 26.0. The molecule has 3 heteroatoms. The number of hydrogen-bond acceptors (Lipinski definition) is 3. The van der Waals surface area contributed by atoms with E-state index in [1.165, 1.54) is 77.0 Å². The lowest BCUT2D eigenvalue weighted by Gasteiger charge is -2.28. The SMILES string of the molecule is CCCCC(C)CC.CCCCC(C)CC.CCCCC(CC)CCCC(CO)(CO)CO. The summed E-state index contributed by atoms with van der Waals surface area (Å²) >= 11 is 0. The fourth-order valence-corrected chi connectivity index (χ4v) is 3.71. The molecule has 0 fully saturated rings. The fourth-order valence-electron chi connectivity index (χ4n) is 3.71. The third kappa shape index (κ3) is 24.8. The van der Waals surface area contributed by atoms with Crippen LogP contribution in [0.3, 0.4) is 0 Å². The summed E-state index contributed by atoms with van der Waals surface area (Å²) in [5.74, 6) is 2.66. The number of unbranched alkanes of at least 4 members (excludes halogenated alkanes) is 3. The van der Waals surface area contributed by atoms with Crippen LogP contribution >= 0.6 is 0 Å². The quantitative estimate of drug-likeness (QED) is 0.175. The number of hydrogen-bond donors (Lipinski definition) is 3. The molecular formula is C30H66O3. The zero-order valence-electron chi connectivity index (χ0n) is 24.3. The van der Waals surface area contributed by atoms with Crippen molar-refractivity contribution in [2.75, 3.05) is 19.8 Å². The lowest BCUT2D eigenvalue weighted by atomic mass is 9.83. The summed E-state index contributed by atoms with van der Waals surface area (Å²) in [4.78, 5) is 0. The van der Waals surface area contributed by atoms with Crippen LogP contribution < -0.4 is 0 Å². The predicted octanol–water partition coefficient (Wildman–Crippen LogP) is 8.78. The Kier molecular flexibility index (Phi) is 31.9. The summed E-state index contributed by atoms with van der Waals surface area (Å²) in [5.41, 5.74) is -0.678. The largest absolute Gasteiger partial charge is 0.396 e. The maximum Gasteiger partial charge on any atom is 0.0531 e. The van der Waals surface area contributed by atoms with Crippen molar-refractivity contribution in [3.8, 4) is 0 Å². The van der Waals surface area contributed by atoms with E-state index in [0.29, 0.717) is 6.42 Å². The third-order valence-electron chi connectivity index (χ3n) is 7.36. The Morgan fingerprint density at radius 2 is 0.879 bits per heavy atom. The highest BCUT2D eigenvalue weighted by atomic mass is 16.3. The molecular weight excluding hydrogens is 408 g/mol. The molecule has 0 bridgehead atoms. The van der Waals surface area contributed by atoms with Gasteiger partial charge in [0, 0.05) is 5.41 Å². The molecule has 0 aliphatic rings.